The minimum absolute atomic E-state index is 0.138. The van der Waals surface area contributed by atoms with Crippen LogP contribution in [0.3, 0.4) is 0 Å². The zero-order valence-corrected chi connectivity index (χ0v) is 12.4. The molecule has 1 heterocycles. The summed E-state index contributed by atoms with van der Waals surface area (Å²) in [5.74, 6) is -0.361. The van der Waals surface area contributed by atoms with E-state index in [0.717, 1.165) is 6.41 Å². The molecular weight excluding hydrogens is 301 g/mol. The highest BCUT2D eigenvalue weighted by Crippen LogP contribution is 2.22. The summed E-state index contributed by atoms with van der Waals surface area (Å²) in [4.78, 5) is 37.8. The first-order valence-corrected chi connectivity index (χ1v) is 7.36. The molecule has 0 unspecified atom stereocenters. The number of rotatable bonds is 5. The Morgan fingerprint density at radius 3 is 2.43 bits per heavy atom. The molecule has 120 valence electrons. The van der Waals surface area contributed by atoms with Gasteiger partial charge in [-0.3, -0.25) is 14.4 Å². The summed E-state index contributed by atoms with van der Waals surface area (Å²) in [5, 5.41) is 2.87. The van der Waals surface area contributed by atoms with Crippen LogP contribution in [0.2, 0.25) is 0 Å². The number of hydrogen-bond donors (Lipinski definition) is 1. The number of benzene rings is 1. The van der Waals surface area contributed by atoms with Crippen molar-refractivity contribution in [2.24, 2.45) is 0 Å². The summed E-state index contributed by atoms with van der Waals surface area (Å²) in [6.07, 6.45) is 0.775. The second-order valence-corrected chi connectivity index (χ2v) is 5.46. The number of piperazine rings is 1. The second kappa shape index (κ2) is 6.20. The van der Waals surface area contributed by atoms with Crippen molar-refractivity contribution in [3.05, 3.63) is 56.1 Å². The minimum Gasteiger partial charge on any atom is -0.376 e. The van der Waals surface area contributed by atoms with Gasteiger partial charge in [0, 0.05) is 38.3 Å². The molecule has 0 saturated carbocycles. The van der Waals surface area contributed by atoms with Crippen LogP contribution in [-0.4, -0.2) is 37.5 Å². The summed E-state index contributed by atoms with van der Waals surface area (Å²) in [6, 6.07) is 6.27. The van der Waals surface area contributed by atoms with Gasteiger partial charge < -0.3 is 15.1 Å². The molecule has 1 saturated heterocycles. The monoisotopic (exact) mass is 317 g/mol. The third-order valence-corrected chi connectivity index (χ3v) is 4.08. The maximum Gasteiger partial charge on any atom is 0.253 e. The Labute approximate surface area is 131 Å². The van der Waals surface area contributed by atoms with Gasteiger partial charge in [0.1, 0.15) is 17.2 Å². The van der Waals surface area contributed by atoms with Crippen molar-refractivity contribution < 1.29 is 9.18 Å². The lowest BCUT2D eigenvalue weighted by atomic mass is 10.1. The molecule has 1 amide bonds. The number of carbonyl (C=O) groups excluding carboxylic acids is 1. The van der Waals surface area contributed by atoms with Crippen LogP contribution < -0.4 is 21.1 Å². The minimum atomic E-state index is -0.575. The lowest BCUT2D eigenvalue weighted by molar-refractivity contribution is -0.118. The average Bonchev–Trinajstić information content (AvgIpc) is 2.59. The van der Waals surface area contributed by atoms with E-state index in [-0.39, 0.29) is 18.0 Å². The van der Waals surface area contributed by atoms with Gasteiger partial charge in [0.2, 0.25) is 6.41 Å². The molecule has 1 N–H and O–H groups in total. The molecule has 3 rings (SSSR count). The Kier molecular flexibility index (Phi) is 4.10. The van der Waals surface area contributed by atoms with Crippen LogP contribution in [0.4, 0.5) is 15.8 Å². The molecule has 23 heavy (non-hydrogen) atoms. The highest BCUT2D eigenvalue weighted by atomic mass is 19.1. The summed E-state index contributed by atoms with van der Waals surface area (Å²) in [6.45, 7) is 2.15. The van der Waals surface area contributed by atoms with Crippen molar-refractivity contribution in [3.63, 3.8) is 0 Å². The van der Waals surface area contributed by atoms with Crippen LogP contribution in [0.15, 0.2) is 33.9 Å². The SMILES string of the molecule is O=CN1CCN(c2c(NCc3ccccc3F)c(=O)c2=O)CC1. The van der Waals surface area contributed by atoms with Gasteiger partial charge in [-0.2, -0.15) is 0 Å². The smallest absolute Gasteiger partial charge is 0.253 e. The van der Waals surface area contributed by atoms with Gasteiger partial charge in [-0.25, -0.2) is 4.39 Å². The fraction of sp³-hybridized carbons (Fsp3) is 0.312. The van der Waals surface area contributed by atoms with E-state index in [9.17, 15) is 18.8 Å². The molecule has 2 aromatic rings. The predicted molar refractivity (Wildman–Crippen MR) is 84.9 cm³/mol. The lowest BCUT2D eigenvalue weighted by Gasteiger charge is -2.35. The molecular formula is C16H16FN3O3. The maximum absolute atomic E-state index is 13.6. The molecule has 0 aromatic heterocycles. The first-order valence-electron chi connectivity index (χ1n) is 7.36. The Balaban J connectivity index is 1.73. The van der Waals surface area contributed by atoms with E-state index in [1.165, 1.54) is 6.07 Å². The summed E-state index contributed by atoms with van der Waals surface area (Å²) < 4.78 is 13.6. The van der Waals surface area contributed by atoms with Gasteiger partial charge in [0.25, 0.3) is 10.9 Å². The Hall–Kier alpha value is -2.70. The first-order chi connectivity index (χ1) is 11.1. The van der Waals surface area contributed by atoms with E-state index in [1.807, 2.05) is 0 Å². The van der Waals surface area contributed by atoms with Crippen LogP contribution in [-0.2, 0) is 11.3 Å². The number of anilines is 2. The van der Waals surface area contributed by atoms with Crippen molar-refractivity contribution in [3.8, 4) is 0 Å². The van der Waals surface area contributed by atoms with Gasteiger partial charge in [0.05, 0.1) is 0 Å². The molecule has 0 spiro atoms. The molecule has 0 radical (unpaired) electrons. The van der Waals surface area contributed by atoms with Gasteiger partial charge in [0.15, 0.2) is 0 Å². The number of carbonyl (C=O) groups is 1. The topological polar surface area (TPSA) is 69.7 Å². The van der Waals surface area contributed by atoms with Crippen molar-refractivity contribution >= 4 is 17.8 Å². The number of nitrogens with one attached hydrogen (secondary N) is 1. The molecule has 0 aliphatic carbocycles. The highest BCUT2D eigenvalue weighted by Gasteiger charge is 2.28. The highest BCUT2D eigenvalue weighted by molar-refractivity contribution is 5.75. The predicted octanol–water partition coefficient (Wildman–Crippen LogP) is 0.312. The van der Waals surface area contributed by atoms with Crippen molar-refractivity contribution in [2.45, 2.75) is 6.54 Å². The van der Waals surface area contributed by atoms with E-state index in [0.29, 0.717) is 37.4 Å². The molecule has 2 aromatic carbocycles. The number of hydrogen-bond acceptors (Lipinski definition) is 5. The molecule has 0 atom stereocenters. The summed E-state index contributed by atoms with van der Waals surface area (Å²) in [7, 11) is 0. The van der Waals surface area contributed by atoms with Gasteiger partial charge in [-0.05, 0) is 6.07 Å². The zero-order valence-electron chi connectivity index (χ0n) is 12.4. The van der Waals surface area contributed by atoms with Crippen LogP contribution >= 0.6 is 0 Å². The molecule has 7 heteroatoms. The molecule has 1 aliphatic heterocycles. The zero-order chi connectivity index (χ0) is 16.4. The van der Waals surface area contributed by atoms with Crippen LogP contribution in [0, 0.1) is 5.82 Å². The Bertz CT molecular complexity index is 790. The summed E-state index contributed by atoms with van der Waals surface area (Å²) >= 11 is 0. The largest absolute Gasteiger partial charge is 0.376 e. The first kappa shape index (κ1) is 15.2. The van der Waals surface area contributed by atoms with Crippen molar-refractivity contribution in [1.82, 2.24) is 4.90 Å². The van der Waals surface area contributed by atoms with E-state index >= 15 is 0 Å². The molecule has 1 fully saturated rings. The molecule has 0 bridgehead atoms. The van der Waals surface area contributed by atoms with Crippen LogP contribution in [0.5, 0.6) is 0 Å². The quantitative estimate of drug-likeness (QED) is 0.635. The Morgan fingerprint density at radius 2 is 1.78 bits per heavy atom. The molecule has 6 nitrogen and oxygen atoms in total. The van der Waals surface area contributed by atoms with Gasteiger partial charge >= 0.3 is 0 Å². The fourth-order valence-electron chi connectivity index (χ4n) is 2.72. The van der Waals surface area contributed by atoms with Crippen LogP contribution in [0.1, 0.15) is 5.56 Å². The third kappa shape index (κ3) is 2.81. The van der Waals surface area contributed by atoms with E-state index in [4.69, 9.17) is 0 Å². The normalized spacial score (nSPS) is 15.0. The second-order valence-electron chi connectivity index (χ2n) is 5.46. The number of halogens is 1. The van der Waals surface area contributed by atoms with Crippen LogP contribution in [0.25, 0.3) is 0 Å². The van der Waals surface area contributed by atoms with Crippen molar-refractivity contribution in [1.29, 1.82) is 0 Å². The van der Waals surface area contributed by atoms with E-state index in [1.54, 1.807) is 28.0 Å². The standard InChI is InChI=1S/C16H16FN3O3/c17-12-4-2-1-3-11(12)9-18-13-14(16(23)15(13)22)20-7-5-19(10-21)6-8-20/h1-4,10,18H,5-9H2. The lowest BCUT2D eigenvalue weighted by Crippen LogP contribution is -2.51. The Morgan fingerprint density at radius 1 is 1.09 bits per heavy atom. The maximum atomic E-state index is 13.6. The molecule has 1 aliphatic rings. The van der Waals surface area contributed by atoms with Gasteiger partial charge in [-0.15, -0.1) is 0 Å². The number of amides is 1. The van der Waals surface area contributed by atoms with Gasteiger partial charge in [-0.1, -0.05) is 18.2 Å². The van der Waals surface area contributed by atoms with E-state index < -0.39 is 10.9 Å². The van der Waals surface area contributed by atoms with E-state index in [2.05, 4.69) is 5.32 Å². The average molecular weight is 317 g/mol. The third-order valence-electron chi connectivity index (χ3n) is 4.08. The fourth-order valence-corrected chi connectivity index (χ4v) is 2.72. The number of nitrogens with zero attached hydrogens (tertiary/aromatic N) is 2. The van der Waals surface area contributed by atoms with Crippen molar-refractivity contribution in [2.75, 3.05) is 36.4 Å². The summed E-state index contributed by atoms with van der Waals surface area (Å²) in [5.41, 5.74) is -0.0956.